The molecule has 2 aromatic carbocycles. The standard InChI is InChI=1S/C21H21FN2O4/c1-4-27-21(25)17-10-14-9-15(22)11-18(23-2)19(14)24-20(17)28-12-13-5-7-16(26-3)8-6-13/h5-11,23H,4,12H2,1-3H3. The maximum absolute atomic E-state index is 13.9. The summed E-state index contributed by atoms with van der Waals surface area (Å²) >= 11 is 0. The van der Waals surface area contributed by atoms with Gasteiger partial charge < -0.3 is 19.5 Å². The van der Waals surface area contributed by atoms with E-state index in [4.69, 9.17) is 14.2 Å². The molecular weight excluding hydrogens is 363 g/mol. The highest BCUT2D eigenvalue weighted by Gasteiger charge is 2.19. The lowest BCUT2D eigenvalue weighted by Gasteiger charge is -2.13. The molecule has 7 heteroatoms. The zero-order valence-corrected chi connectivity index (χ0v) is 15.9. The first-order valence-electron chi connectivity index (χ1n) is 8.80. The lowest BCUT2D eigenvalue weighted by molar-refractivity contribution is 0.0520. The van der Waals surface area contributed by atoms with Crippen LogP contribution in [0.4, 0.5) is 10.1 Å². The summed E-state index contributed by atoms with van der Waals surface area (Å²) < 4.78 is 29.9. The monoisotopic (exact) mass is 384 g/mol. The minimum Gasteiger partial charge on any atom is -0.497 e. The molecule has 0 unspecified atom stereocenters. The van der Waals surface area contributed by atoms with Crippen LogP contribution in [0.15, 0.2) is 42.5 Å². The fourth-order valence-corrected chi connectivity index (χ4v) is 2.76. The number of hydrogen-bond donors (Lipinski definition) is 1. The van der Waals surface area contributed by atoms with Gasteiger partial charge in [0.2, 0.25) is 5.88 Å². The first-order chi connectivity index (χ1) is 13.5. The zero-order chi connectivity index (χ0) is 20.1. The predicted octanol–water partition coefficient (Wildman–Crippen LogP) is 4.18. The number of pyridine rings is 1. The Hall–Kier alpha value is -3.35. The number of nitrogens with one attached hydrogen (secondary N) is 1. The third-order valence-corrected chi connectivity index (χ3v) is 4.15. The van der Waals surface area contributed by atoms with Crippen LogP contribution in [-0.4, -0.2) is 31.7 Å². The van der Waals surface area contributed by atoms with Gasteiger partial charge in [0.15, 0.2) is 0 Å². The van der Waals surface area contributed by atoms with Crippen molar-refractivity contribution in [3.63, 3.8) is 0 Å². The fourth-order valence-electron chi connectivity index (χ4n) is 2.76. The molecule has 0 spiro atoms. The van der Waals surface area contributed by atoms with Gasteiger partial charge in [0, 0.05) is 12.4 Å². The minimum absolute atomic E-state index is 0.130. The number of benzene rings is 2. The third-order valence-electron chi connectivity index (χ3n) is 4.15. The Bertz CT molecular complexity index is 990. The second-order valence-corrected chi connectivity index (χ2v) is 5.97. The summed E-state index contributed by atoms with van der Waals surface area (Å²) in [6, 6.07) is 11.6. The number of aromatic nitrogens is 1. The third kappa shape index (κ3) is 4.14. The van der Waals surface area contributed by atoms with E-state index >= 15 is 0 Å². The van der Waals surface area contributed by atoms with Crippen molar-refractivity contribution < 1.29 is 23.4 Å². The van der Waals surface area contributed by atoms with Gasteiger partial charge in [-0.15, -0.1) is 0 Å². The molecule has 0 saturated carbocycles. The van der Waals surface area contributed by atoms with Crippen LogP contribution in [-0.2, 0) is 11.3 Å². The number of nitrogens with zero attached hydrogens (tertiary/aromatic N) is 1. The van der Waals surface area contributed by atoms with E-state index in [-0.39, 0.29) is 24.7 Å². The minimum atomic E-state index is -0.572. The van der Waals surface area contributed by atoms with Crippen LogP contribution in [0.3, 0.4) is 0 Å². The van der Waals surface area contributed by atoms with Crippen molar-refractivity contribution in [3.8, 4) is 11.6 Å². The van der Waals surface area contributed by atoms with E-state index in [1.165, 1.54) is 18.2 Å². The van der Waals surface area contributed by atoms with Crippen molar-refractivity contribution in [2.24, 2.45) is 0 Å². The molecule has 1 N–H and O–H groups in total. The number of carbonyl (C=O) groups is 1. The number of methoxy groups -OCH3 is 1. The van der Waals surface area contributed by atoms with Crippen molar-refractivity contribution in [1.82, 2.24) is 4.98 Å². The molecule has 1 heterocycles. The molecule has 0 atom stereocenters. The number of hydrogen-bond acceptors (Lipinski definition) is 6. The molecule has 0 aliphatic carbocycles. The van der Waals surface area contributed by atoms with Gasteiger partial charge in [-0.3, -0.25) is 0 Å². The van der Waals surface area contributed by atoms with Gasteiger partial charge in [0.05, 0.1) is 24.9 Å². The quantitative estimate of drug-likeness (QED) is 0.617. The van der Waals surface area contributed by atoms with E-state index < -0.39 is 11.8 Å². The van der Waals surface area contributed by atoms with Gasteiger partial charge in [0.25, 0.3) is 0 Å². The van der Waals surface area contributed by atoms with E-state index in [1.807, 2.05) is 24.3 Å². The van der Waals surface area contributed by atoms with Crippen LogP contribution in [0.2, 0.25) is 0 Å². The normalized spacial score (nSPS) is 10.6. The van der Waals surface area contributed by atoms with Crippen molar-refractivity contribution in [2.75, 3.05) is 26.1 Å². The van der Waals surface area contributed by atoms with E-state index in [0.717, 1.165) is 11.3 Å². The van der Waals surface area contributed by atoms with Crippen LogP contribution in [0.1, 0.15) is 22.8 Å². The van der Waals surface area contributed by atoms with Gasteiger partial charge in [-0.25, -0.2) is 14.2 Å². The maximum Gasteiger partial charge on any atom is 0.343 e. The second-order valence-electron chi connectivity index (χ2n) is 5.97. The molecule has 0 fully saturated rings. The highest BCUT2D eigenvalue weighted by molar-refractivity contribution is 5.99. The topological polar surface area (TPSA) is 69.7 Å². The van der Waals surface area contributed by atoms with Crippen molar-refractivity contribution >= 4 is 22.6 Å². The molecule has 0 bridgehead atoms. The maximum atomic E-state index is 13.9. The summed E-state index contributed by atoms with van der Waals surface area (Å²) in [4.78, 5) is 16.8. The second kappa shape index (κ2) is 8.56. The average molecular weight is 384 g/mol. The van der Waals surface area contributed by atoms with E-state index in [0.29, 0.717) is 16.6 Å². The Morgan fingerprint density at radius 1 is 1.18 bits per heavy atom. The molecule has 0 radical (unpaired) electrons. The number of halogens is 1. The van der Waals surface area contributed by atoms with Crippen LogP contribution in [0.5, 0.6) is 11.6 Å². The molecular formula is C21H21FN2O4. The van der Waals surface area contributed by atoms with Crippen LogP contribution in [0, 0.1) is 5.82 Å². The SMILES string of the molecule is CCOC(=O)c1cc2cc(F)cc(NC)c2nc1OCc1ccc(OC)cc1. The molecule has 1 aromatic heterocycles. The number of rotatable bonds is 7. The Balaban J connectivity index is 2.00. The van der Waals surface area contributed by atoms with E-state index in [1.54, 1.807) is 21.1 Å². The molecule has 146 valence electrons. The van der Waals surface area contributed by atoms with Gasteiger partial charge in [-0.05, 0) is 42.8 Å². The predicted molar refractivity (Wildman–Crippen MR) is 105 cm³/mol. The lowest BCUT2D eigenvalue weighted by atomic mass is 10.1. The molecule has 6 nitrogen and oxygen atoms in total. The number of fused-ring (bicyclic) bond motifs is 1. The Labute approximate surface area is 162 Å². The summed E-state index contributed by atoms with van der Waals surface area (Å²) in [5.74, 6) is -0.136. The first-order valence-corrected chi connectivity index (χ1v) is 8.80. The molecule has 28 heavy (non-hydrogen) atoms. The molecule has 0 amide bonds. The summed E-state index contributed by atoms with van der Waals surface area (Å²) in [7, 11) is 3.27. The summed E-state index contributed by atoms with van der Waals surface area (Å²) in [6.07, 6.45) is 0. The number of carbonyl (C=O) groups excluding carboxylic acids is 1. The number of anilines is 1. The average Bonchev–Trinajstić information content (AvgIpc) is 2.71. The molecule has 0 aliphatic heterocycles. The van der Waals surface area contributed by atoms with Gasteiger partial charge in [-0.2, -0.15) is 0 Å². The van der Waals surface area contributed by atoms with Crippen molar-refractivity contribution in [2.45, 2.75) is 13.5 Å². The molecule has 0 aliphatic rings. The van der Waals surface area contributed by atoms with Crippen molar-refractivity contribution in [3.05, 3.63) is 59.4 Å². The van der Waals surface area contributed by atoms with Crippen LogP contribution < -0.4 is 14.8 Å². The molecule has 3 rings (SSSR count). The molecule has 0 saturated heterocycles. The largest absolute Gasteiger partial charge is 0.497 e. The van der Waals surface area contributed by atoms with E-state index in [9.17, 15) is 9.18 Å². The Morgan fingerprint density at radius 3 is 2.57 bits per heavy atom. The Morgan fingerprint density at radius 2 is 1.93 bits per heavy atom. The Kier molecular flexibility index (Phi) is 5.93. The summed E-state index contributed by atoms with van der Waals surface area (Å²) in [5.41, 5.74) is 2.03. The number of ether oxygens (including phenoxy) is 3. The fraction of sp³-hybridized carbons (Fsp3) is 0.238. The van der Waals surface area contributed by atoms with Crippen molar-refractivity contribution in [1.29, 1.82) is 0 Å². The highest BCUT2D eigenvalue weighted by Crippen LogP contribution is 2.29. The lowest BCUT2D eigenvalue weighted by Crippen LogP contribution is -2.10. The first kappa shape index (κ1) is 19.4. The zero-order valence-electron chi connectivity index (χ0n) is 15.9. The van der Waals surface area contributed by atoms with Gasteiger partial charge in [-0.1, -0.05) is 12.1 Å². The summed E-state index contributed by atoms with van der Waals surface area (Å²) in [5, 5.41) is 3.39. The summed E-state index contributed by atoms with van der Waals surface area (Å²) in [6.45, 7) is 2.12. The van der Waals surface area contributed by atoms with Gasteiger partial charge >= 0.3 is 5.97 Å². The van der Waals surface area contributed by atoms with Gasteiger partial charge in [0.1, 0.15) is 23.7 Å². The van der Waals surface area contributed by atoms with Crippen LogP contribution >= 0.6 is 0 Å². The smallest absolute Gasteiger partial charge is 0.343 e. The van der Waals surface area contributed by atoms with E-state index in [2.05, 4.69) is 10.3 Å². The highest BCUT2D eigenvalue weighted by atomic mass is 19.1. The molecule has 3 aromatic rings. The van der Waals surface area contributed by atoms with Crippen LogP contribution in [0.25, 0.3) is 10.9 Å². The number of esters is 1.